The summed E-state index contributed by atoms with van der Waals surface area (Å²) in [5.41, 5.74) is 0. The predicted molar refractivity (Wildman–Crippen MR) is 112 cm³/mol. The second-order valence-corrected chi connectivity index (χ2v) is 6.73. The molecule has 1 aliphatic rings. The molecule has 5 nitrogen and oxygen atoms in total. The Hall–Kier alpha value is -0.290. The van der Waals surface area contributed by atoms with Crippen molar-refractivity contribution in [3.05, 3.63) is 0 Å². The molecule has 1 rings (SSSR count). The fourth-order valence-corrected chi connectivity index (χ4v) is 3.05. The third-order valence-corrected chi connectivity index (χ3v) is 4.23. The molecule has 26 heavy (non-hydrogen) atoms. The third-order valence-electron chi connectivity index (χ3n) is 4.23. The second-order valence-electron chi connectivity index (χ2n) is 6.73. The van der Waals surface area contributed by atoms with Gasteiger partial charge in [0.05, 0.1) is 6.54 Å². The first-order valence-corrected chi connectivity index (χ1v) is 9.36. The van der Waals surface area contributed by atoms with Crippen LogP contribution in [0.5, 0.6) is 0 Å². The molecule has 0 aromatic heterocycles. The number of hydrogen-bond donors (Lipinski definition) is 2. The molecule has 0 aromatic carbocycles. The van der Waals surface area contributed by atoms with E-state index in [9.17, 15) is 13.2 Å². The lowest BCUT2D eigenvalue weighted by Gasteiger charge is -2.32. The van der Waals surface area contributed by atoms with Gasteiger partial charge in [0.1, 0.15) is 0 Å². The molecule has 0 saturated carbocycles. The lowest BCUT2D eigenvalue weighted by atomic mass is 10.1. The van der Waals surface area contributed by atoms with Crippen molar-refractivity contribution in [2.75, 3.05) is 52.9 Å². The summed E-state index contributed by atoms with van der Waals surface area (Å²) >= 11 is 0. The molecule has 0 amide bonds. The normalized spacial score (nSPS) is 17.3. The van der Waals surface area contributed by atoms with E-state index in [1.165, 1.54) is 18.4 Å². The molecule has 0 unspecified atom stereocenters. The van der Waals surface area contributed by atoms with Crippen LogP contribution in [0, 0.1) is 0 Å². The molecule has 0 atom stereocenters. The number of hydrogen-bond acceptors (Lipinski definition) is 3. The minimum atomic E-state index is -4.14. The first-order valence-electron chi connectivity index (χ1n) is 9.36. The number of guanidine groups is 1. The molecule has 1 fully saturated rings. The molecule has 1 heterocycles. The molecule has 0 aromatic rings. The number of halogens is 4. The van der Waals surface area contributed by atoms with Crippen LogP contribution in [0.3, 0.4) is 0 Å². The van der Waals surface area contributed by atoms with Crippen LogP contribution < -0.4 is 10.6 Å². The van der Waals surface area contributed by atoms with Crippen molar-refractivity contribution in [2.45, 2.75) is 51.7 Å². The zero-order chi connectivity index (χ0) is 18.7. The Bertz CT molecular complexity index is 385. The highest BCUT2D eigenvalue weighted by Crippen LogP contribution is 2.15. The van der Waals surface area contributed by atoms with Crippen LogP contribution in [0.2, 0.25) is 0 Å². The summed E-state index contributed by atoms with van der Waals surface area (Å²) in [5, 5.41) is 6.69. The molecule has 0 spiro atoms. The minimum absolute atomic E-state index is 0. The number of rotatable bonds is 9. The molecule has 2 N–H and O–H groups in total. The lowest BCUT2D eigenvalue weighted by Crippen LogP contribution is -2.48. The standard InChI is InChI=1S/C17H34F3N5.HI/c1-4-10-25-12-7-15(8-13-25)23-16(21-5-2)22-9-6-11-24(3)14-17(18,19)20;/h15H,4-14H2,1-3H3,(H2,21,22,23);1H. The van der Waals surface area contributed by atoms with Crippen LogP contribution in [0.25, 0.3) is 0 Å². The van der Waals surface area contributed by atoms with Gasteiger partial charge in [-0.1, -0.05) is 6.92 Å². The molecule has 156 valence electrons. The van der Waals surface area contributed by atoms with Gasteiger partial charge in [0, 0.05) is 32.2 Å². The monoisotopic (exact) mass is 493 g/mol. The Labute approximate surface area is 173 Å². The summed E-state index contributed by atoms with van der Waals surface area (Å²) in [6, 6.07) is 0.416. The van der Waals surface area contributed by atoms with Gasteiger partial charge in [-0.3, -0.25) is 9.89 Å². The summed E-state index contributed by atoms with van der Waals surface area (Å²) in [4.78, 5) is 8.28. The van der Waals surface area contributed by atoms with Crippen molar-refractivity contribution in [1.29, 1.82) is 0 Å². The first kappa shape index (κ1) is 25.7. The van der Waals surface area contributed by atoms with Gasteiger partial charge < -0.3 is 15.5 Å². The fraction of sp³-hybridized carbons (Fsp3) is 0.941. The summed E-state index contributed by atoms with van der Waals surface area (Å²) < 4.78 is 36.9. The quantitative estimate of drug-likeness (QED) is 0.225. The molecular weight excluding hydrogens is 458 g/mol. The SMILES string of the molecule is CCCN1CCC(NC(=NCCCN(C)CC(F)(F)F)NCC)CC1.I. The van der Waals surface area contributed by atoms with Crippen LogP contribution in [0.1, 0.15) is 39.5 Å². The maximum atomic E-state index is 12.3. The Morgan fingerprint density at radius 2 is 1.88 bits per heavy atom. The van der Waals surface area contributed by atoms with E-state index in [1.54, 1.807) is 0 Å². The zero-order valence-electron chi connectivity index (χ0n) is 16.2. The highest BCUT2D eigenvalue weighted by atomic mass is 127. The van der Waals surface area contributed by atoms with Gasteiger partial charge in [-0.15, -0.1) is 24.0 Å². The number of nitrogens with one attached hydrogen (secondary N) is 2. The smallest absolute Gasteiger partial charge is 0.357 e. The highest BCUT2D eigenvalue weighted by Gasteiger charge is 2.28. The average Bonchev–Trinajstić information content (AvgIpc) is 2.52. The van der Waals surface area contributed by atoms with Gasteiger partial charge in [-0.05, 0) is 52.7 Å². The van der Waals surface area contributed by atoms with Crippen LogP contribution in [-0.2, 0) is 0 Å². The van der Waals surface area contributed by atoms with Crippen LogP contribution in [0.15, 0.2) is 4.99 Å². The minimum Gasteiger partial charge on any atom is -0.357 e. The van der Waals surface area contributed by atoms with Crippen molar-refractivity contribution in [1.82, 2.24) is 20.4 Å². The molecular formula is C17H35F3IN5. The Kier molecular flexibility index (Phi) is 13.7. The molecule has 1 saturated heterocycles. The van der Waals surface area contributed by atoms with Gasteiger partial charge in [0.15, 0.2) is 5.96 Å². The van der Waals surface area contributed by atoms with Crippen LogP contribution in [-0.4, -0.2) is 80.8 Å². The van der Waals surface area contributed by atoms with Gasteiger partial charge in [-0.25, -0.2) is 0 Å². The highest BCUT2D eigenvalue weighted by molar-refractivity contribution is 14.0. The number of likely N-dealkylation sites (tertiary alicyclic amines) is 1. The molecule has 0 bridgehead atoms. The van der Waals surface area contributed by atoms with Crippen molar-refractivity contribution in [2.24, 2.45) is 4.99 Å². The third kappa shape index (κ3) is 12.2. The van der Waals surface area contributed by atoms with E-state index in [4.69, 9.17) is 0 Å². The zero-order valence-corrected chi connectivity index (χ0v) is 18.6. The van der Waals surface area contributed by atoms with Crippen molar-refractivity contribution >= 4 is 29.9 Å². The molecule has 0 aliphatic carbocycles. The second kappa shape index (κ2) is 13.8. The van der Waals surface area contributed by atoms with Crippen molar-refractivity contribution in [3.8, 4) is 0 Å². The Morgan fingerprint density at radius 1 is 1.23 bits per heavy atom. The van der Waals surface area contributed by atoms with E-state index in [2.05, 4.69) is 27.4 Å². The average molecular weight is 493 g/mol. The fourth-order valence-electron chi connectivity index (χ4n) is 3.05. The van der Waals surface area contributed by atoms with E-state index in [1.807, 2.05) is 6.92 Å². The Balaban J connectivity index is 0.00000625. The van der Waals surface area contributed by atoms with Crippen LogP contribution >= 0.6 is 24.0 Å². The summed E-state index contributed by atoms with van der Waals surface area (Å²) in [5.74, 6) is 0.773. The maximum Gasteiger partial charge on any atom is 0.401 e. The van der Waals surface area contributed by atoms with E-state index >= 15 is 0 Å². The van der Waals surface area contributed by atoms with E-state index in [0.717, 1.165) is 45.0 Å². The number of alkyl halides is 3. The number of nitrogens with zero attached hydrogens (tertiary/aromatic N) is 3. The summed E-state index contributed by atoms with van der Waals surface area (Å²) in [6.45, 7) is 8.39. The number of piperidine rings is 1. The van der Waals surface area contributed by atoms with Crippen molar-refractivity contribution in [3.63, 3.8) is 0 Å². The van der Waals surface area contributed by atoms with Gasteiger partial charge in [0.2, 0.25) is 0 Å². The van der Waals surface area contributed by atoms with Gasteiger partial charge in [-0.2, -0.15) is 13.2 Å². The number of aliphatic imine (C=N–C) groups is 1. The maximum absolute atomic E-state index is 12.3. The largest absolute Gasteiger partial charge is 0.401 e. The molecule has 9 heteroatoms. The van der Waals surface area contributed by atoms with E-state index in [0.29, 0.717) is 25.6 Å². The van der Waals surface area contributed by atoms with Crippen molar-refractivity contribution < 1.29 is 13.2 Å². The molecule has 1 aliphatic heterocycles. The Morgan fingerprint density at radius 3 is 2.42 bits per heavy atom. The predicted octanol–water partition coefficient (Wildman–Crippen LogP) is 2.92. The molecule has 0 radical (unpaired) electrons. The lowest BCUT2D eigenvalue weighted by molar-refractivity contribution is -0.143. The van der Waals surface area contributed by atoms with Gasteiger partial charge in [0.25, 0.3) is 0 Å². The summed E-state index contributed by atoms with van der Waals surface area (Å²) in [7, 11) is 1.49. The topological polar surface area (TPSA) is 42.9 Å². The first-order chi connectivity index (χ1) is 11.8. The van der Waals surface area contributed by atoms with E-state index < -0.39 is 12.7 Å². The summed E-state index contributed by atoms with van der Waals surface area (Å²) in [6.07, 6.45) is -0.151. The van der Waals surface area contributed by atoms with Crippen LogP contribution in [0.4, 0.5) is 13.2 Å². The van der Waals surface area contributed by atoms with Gasteiger partial charge >= 0.3 is 6.18 Å². The van der Waals surface area contributed by atoms with E-state index in [-0.39, 0.29) is 24.0 Å².